The number of hydrogen-bond acceptors (Lipinski definition) is 3. The molecule has 1 unspecified atom stereocenters. The molecule has 2 aromatic carbocycles. The van der Waals surface area contributed by atoms with Gasteiger partial charge in [-0.3, -0.25) is 9.00 Å². The fraction of sp³-hybridized carbons (Fsp3) is 0.350. The summed E-state index contributed by atoms with van der Waals surface area (Å²) in [6.07, 6.45) is 1.79. The molecule has 0 aromatic heterocycles. The van der Waals surface area contributed by atoms with Crippen molar-refractivity contribution in [2.75, 3.05) is 25.4 Å². The normalized spacial score (nSPS) is 17.5. The fourth-order valence-corrected chi connectivity index (χ4v) is 4.28. The molecular formula is C20H23NO2S. The first-order valence-electron chi connectivity index (χ1n) is 8.49. The molecule has 0 saturated carbocycles. The third kappa shape index (κ3) is 4.40. The van der Waals surface area contributed by atoms with Crippen molar-refractivity contribution in [3.8, 4) is 0 Å². The van der Waals surface area contributed by atoms with E-state index in [1.807, 2.05) is 60.7 Å². The summed E-state index contributed by atoms with van der Waals surface area (Å²) < 4.78 is 12.3. The summed E-state index contributed by atoms with van der Waals surface area (Å²) in [6, 6.07) is 19.2. The zero-order valence-electron chi connectivity index (χ0n) is 13.8. The topological polar surface area (TPSA) is 37.4 Å². The molecule has 1 aliphatic rings. The van der Waals surface area contributed by atoms with E-state index in [0.717, 1.165) is 42.9 Å². The van der Waals surface area contributed by atoms with Crippen LogP contribution >= 0.6 is 0 Å². The summed E-state index contributed by atoms with van der Waals surface area (Å²) in [5.74, 6) is 1.05. The van der Waals surface area contributed by atoms with Crippen molar-refractivity contribution in [2.45, 2.75) is 17.7 Å². The highest BCUT2D eigenvalue weighted by molar-refractivity contribution is 7.85. The lowest BCUT2D eigenvalue weighted by molar-refractivity contribution is 0.0845. The molecule has 1 fully saturated rings. The summed E-state index contributed by atoms with van der Waals surface area (Å²) in [4.78, 5) is 15.7. The molecule has 4 heteroatoms. The Morgan fingerprint density at radius 2 is 1.54 bits per heavy atom. The highest BCUT2D eigenvalue weighted by Crippen LogP contribution is 2.21. The SMILES string of the molecule is O=C(c1ccccc1)C1CCN(CCS(=O)c2ccccc2)CC1. The van der Waals surface area contributed by atoms with Crippen LogP contribution in [0.5, 0.6) is 0 Å². The van der Waals surface area contributed by atoms with Gasteiger partial charge in [-0.15, -0.1) is 0 Å². The third-order valence-corrected chi connectivity index (χ3v) is 5.97. The predicted octanol–water partition coefficient (Wildman–Crippen LogP) is 3.39. The van der Waals surface area contributed by atoms with Crippen LogP contribution in [0, 0.1) is 5.92 Å². The van der Waals surface area contributed by atoms with E-state index in [0.29, 0.717) is 5.75 Å². The molecule has 1 heterocycles. The first kappa shape index (κ1) is 17.1. The van der Waals surface area contributed by atoms with E-state index in [4.69, 9.17) is 0 Å². The Morgan fingerprint density at radius 3 is 2.17 bits per heavy atom. The van der Waals surface area contributed by atoms with E-state index in [9.17, 15) is 9.00 Å². The minimum Gasteiger partial charge on any atom is -0.302 e. The zero-order chi connectivity index (χ0) is 16.8. The highest BCUT2D eigenvalue weighted by Gasteiger charge is 2.25. The monoisotopic (exact) mass is 341 g/mol. The van der Waals surface area contributed by atoms with Crippen molar-refractivity contribution in [3.63, 3.8) is 0 Å². The molecule has 1 aliphatic heterocycles. The Bertz CT molecular complexity index is 679. The zero-order valence-corrected chi connectivity index (χ0v) is 14.6. The van der Waals surface area contributed by atoms with E-state index in [1.54, 1.807) is 0 Å². The van der Waals surface area contributed by atoms with Crippen molar-refractivity contribution in [1.82, 2.24) is 4.90 Å². The van der Waals surface area contributed by atoms with Gasteiger partial charge in [0.25, 0.3) is 0 Å². The Hall–Kier alpha value is -1.78. The van der Waals surface area contributed by atoms with Gasteiger partial charge in [0.05, 0.1) is 10.8 Å². The first-order chi connectivity index (χ1) is 11.7. The minimum atomic E-state index is -0.941. The smallest absolute Gasteiger partial charge is 0.166 e. The maximum Gasteiger partial charge on any atom is 0.166 e. The standard InChI is InChI=1S/C20H23NO2S/c22-20(17-7-3-1-4-8-17)18-11-13-21(14-12-18)15-16-24(23)19-9-5-2-6-10-19/h1-10,18H,11-16H2. The Kier molecular flexibility index (Phi) is 5.94. The quantitative estimate of drug-likeness (QED) is 0.756. The second kappa shape index (κ2) is 8.36. The number of piperidine rings is 1. The number of hydrogen-bond donors (Lipinski definition) is 0. The minimum absolute atomic E-state index is 0.128. The number of ketones is 1. The Balaban J connectivity index is 1.46. The average Bonchev–Trinajstić information content (AvgIpc) is 2.67. The molecule has 0 amide bonds. The number of carbonyl (C=O) groups is 1. The summed E-state index contributed by atoms with van der Waals surface area (Å²) in [7, 11) is -0.941. The van der Waals surface area contributed by atoms with Gasteiger partial charge in [-0.25, -0.2) is 0 Å². The number of carbonyl (C=O) groups excluding carboxylic acids is 1. The molecular weight excluding hydrogens is 318 g/mol. The molecule has 3 rings (SSSR count). The fourth-order valence-electron chi connectivity index (χ4n) is 3.16. The van der Waals surface area contributed by atoms with Crippen molar-refractivity contribution in [2.24, 2.45) is 5.92 Å². The Labute approximate surface area is 146 Å². The van der Waals surface area contributed by atoms with Crippen LogP contribution in [0.4, 0.5) is 0 Å². The molecule has 0 N–H and O–H groups in total. The van der Waals surface area contributed by atoms with Crippen LogP contribution in [0.1, 0.15) is 23.2 Å². The van der Waals surface area contributed by atoms with Gasteiger partial charge in [-0.1, -0.05) is 48.5 Å². The molecule has 1 atom stereocenters. The van der Waals surface area contributed by atoms with Crippen LogP contribution in [0.2, 0.25) is 0 Å². The van der Waals surface area contributed by atoms with Crippen molar-refractivity contribution >= 4 is 16.6 Å². The molecule has 0 bridgehead atoms. The van der Waals surface area contributed by atoms with Crippen molar-refractivity contribution in [3.05, 3.63) is 66.2 Å². The lowest BCUT2D eigenvalue weighted by Gasteiger charge is -2.31. The van der Waals surface area contributed by atoms with Gasteiger partial charge in [-0.2, -0.15) is 0 Å². The van der Waals surface area contributed by atoms with E-state index in [-0.39, 0.29) is 11.7 Å². The van der Waals surface area contributed by atoms with Crippen LogP contribution in [0.15, 0.2) is 65.6 Å². The van der Waals surface area contributed by atoms with Crippen LogP contribution < -0.4 is 0 Å². The second-order valence-corrected chi connectivity index (χ2v) is 7.78. The number of nitrogens with zero attached hydrogens (tertiary/aromatic N) is 1. The number of benzene rings is 2. The second-order valence-electron chi connectivity index (χ2n) is 6.21. The van der Waals surface area contributed by atoms with Crippen LogP contribution in [-0.4, -0.2) is 40.3 Å². The summed E-state index contributed by atoms with van der Waals surface area (Å²) in [5, 5.41) is 0. The molecule has 126 valence electrons. The van der Waals surface area contributed by atoms with E-state index in [1.165, 1.54) is 0 Å². The number of likely N-dealkylation sites (tertiary alicyclic amines) is 1. The van der Waals surface area contributed by atoms with Gasteiger partial charge in [0.2, 0.25) is 0 Å². The van der Waals surface area contributed by atoms with Crippen LogP contribution in [0.25, 0.3) is 0 Å². The molecule has 1 saturated heterocycles. The van der Waals surface area contributed by atoms with Gasteiger partial charge >= 0.3 is 0 Å². The van der Waals surface area contributed by atoms with Crippen LogP contribution in [-0.2, 0) is 10.8 Å². The van der Waals surface area contributed by atoms with Gasteiger partial charge < -0.3 is 4.90 Å². The van der Waals surface area contributed by atoms with Crippen molar-refractivity contribution < 1.29 is 9.00 Å². The largest absolute Gasteiger partial charge is 0.302 e. The molecule has 2 aromatic rings. The number of rotatable bonds is 6. The maximum absolute atomic E-state index is 12.5. The molecule has 3 nitrogen and oxygen atoms in total. The average molecular weight is 341 g/mol. The Morgan fingerprint density at radius 1 is 0.958 bits per heavy atom. The van der Waals surface area contributed by atoms with E-state index in [2.05, 4.69) is 4.90 Å². The summed E-state index contributed by atoms with van der Waals surface area (Å²) >= 11 is 0. The highest BCUT2D eigenvalue weighted by atomic mass is 32.2. The van der Waals surface area contributed by atoms with E-state index < -0.39 is 10.8 Å². The lowest BCUT2D eigenvalue weighted by Crippen LogP contribution is -2.38. The lowest BCUT2D eigenvalue weighted by atomic mass is 9.89. The molecule has 0 radical (unpaired) electrons. The van der Waals surface area contributed by atoms with Gasteiger partial charge in [0.1, 0.15) is 0 Å². The predicted molar refractivity (Wildman–Crippen MR) is 97.7 cm³/mol. The van der Waals surface area contributed by atoms with Gasteiger partial charge in [0, 0.05) is 28.7 Å². The third-order valence-electron chi connectivity index (χ3n) is 4.62. The maximum atomic E-state index is 12.5. The summed E-state index contributed by atoms with van der Waals surface area (Å²) in [6.45, 7) is 2.65. The molecule has 0 spiro atoms. The molecule has 0 aliphatic carbocycles. The number of Topliss-reactive ketones (excluding diaryl/α,β-unsaturated/α-hetero) is 1. The van der Waals surface area contributed by atoms with Gasteiger partial charge in [-0.05, 0) is 38.1 Å². The molecule has 24 heavy (non-hydrogen) atoms. The van der Waals surface area contributed by atoms with Gasteiger partial charge in [0.15, 0.2) is 5.78 Å². The first-order valence-corrected chi connectivity index (χ1v) is 9.81. The summed E-state index contributed by atoms with van der Waals surface area (Å²) in [5.41, 5.74) is 0.820. The van der Waals surface area contributed by atoms with Crippen molar-refractivity contribution in [1.29, 1.82) is 0 Å². The van der Waals surface area contributed by atoms with E-state index >= 15 is 0 Å². The van der Waals surface area contributed by atoms with Crippen LogP contribution in [0.3, 0.4) is 0 Å².